The lowest BCUT2D eigenvalue weighted by atomic mass is 10.2. The Hall–Kier alpha value is -0.533. The van der Waals surface area contributed by atoms with Crippen LogP contribution >= 0.6 is 11.6 Å². The highest BCUT2D eigenvalue weighted by atomic mass is 35.5. The molecule has 0 aromatic heterocycles. The van der Waals surface area contributed by atoms with Crippen molar-refractivity contribution in [2.45, 2.75) is 13.1 Å². The van der Waals surface area contributed by atoms with E-state index >= 15 is 0 Å². The molecule has 0 unspecified atom stereocenters. The molecule has 2 heteroatoms. The highest BCUT2D eigenvalue weighted by molar-refractivity contribution is 6.74. The molecule has 0 saturated heterocycles. The fraction of sp³-hybridized carbons (Fsp3) is 0.200. The summed E-state index contributed by atoms with van der Waals surface area (Å²) >= 11 is 6.09. The second-order valence-corrected chi connectivity index (χ2v) is 6.40. The van der Waals surface area contributed by atoms with Gasteiger partial charge in [0, 0.05) is 5.02 Å². The van der Waals surface area contributed by atoms with Crippen LogP contribution in [0.25, 0.3) is 6.08 Å². The number of rotatable bonds is 2. The van der Waals surface area contributed by atoms with Gasteiger partial charge in [-0.25, -0.2) is 0 Å². The van der Waals surface area contributed by atoms with Gasteiger partial charge in [0.1, 0.15) is 0 Å². The Morgan fingerprint density at radius 1 is 1.42 bits per heavy atom. The van der Waals surface area contributed by atoms with Gasteiger partial charge < -0.3 is 0 Å². The average Bonchev–Trinajstić information content (AvgIpc) is 2.03. The molecule has 12 heavy (non-hydrogen) atoms. The quantitative estimate of drug-likeness (QED) is 0.639. The minimum absolute atomic E-state index is 0.828. The number of hydrogen-bond donors (Lipinski definition) is 0. The van der Waals surface area contributed by atoms with Crippen LogP contribution in [0.2, 0.25) is 18.1 Å². The van der Waals surface area contributed by atoms with Crippen LogP contribution in [0.15, 0.2) is 24.8 Å². The molecule has 0 spiro atoms. The molecule has 1 rings (SSSR count). The van der Waals surface area contributed by atoms with Crippen LogP contribution in [0, 0.1) is 0 Å². The zero-order valence-electron chi connectivity index (χ0n) is 7.47. The molecule has 64 valence electrons. The Morgan fingerprint density at radius 2 is 2.08 bits per heavy atom. The van der Waals surface area contributed by atoms with Gasteiger partial charge in [0.2, 0.25) is 0 Å². The first-order valence-corrected chi connectivity index (χ1v) is 7.34. The first-order valence-electron chi connectivity index (χ1n) is 4.07. The van der Waals surface area contributed by atoms with E-state index in [2.05, 4.69) is 25.7 Å². The molecule has 0 aliphatic carbocycles. The summed E-state index contributed by atoms with van der Waals surface area (Å²) < 4.78 is 0. The van der Waals surface area contributed by atoms with E-state index in [1.807, 2.05) is 18.2 Å². The molecule has 0 saturated carbocycles. The predicted molar refractivity (Wildman–Crippen MR) is 60.1 cm³/mol. The van der Waals surface area contributed by atoms with Crippen LogP contribution in [0.3, 0.4) is 0 Å². The van der Waals surface area contributed by atoms with Crippen molar-refractivity contribution in [1.29, 1.82) is 0 Å². The summed E-state index contributed by atoms with van der Waals surface area (Å²) in [6, 6.07) is 6.00. The van der Waals surface area contributed by atoms with Crippen LogP contribution in [0.5, 0.6) is 0 Å². The van der Waals surface area contributed by atoms with Gasteiger partial charge in [-0.05, 0) is 16.8 Å². The van der Waals surface area contributed by atoms with Gasteiger partial charge in [0.15, 0.2) is 0 Å². The van der Waals surface area contributed by atoms with Gasteiger partial charge in [-0.3, -0.25) is 0 Å². The monoisotopic (exact) mass is 196 g/mol. The standard InChI is InChI=1S/C10H13ClSi/c1-4-8-6-5-7-9(11)10(8)12(2)3/h4-7,12H,1H2,2-3H3. The van der Waals surface area contributed by atoms with E-state index in [-0.39, 0.29) is 0 Å². The summed E-state index contributed by atoms with van der Waals surface area (Å²) in [4.78, 5) is 0. The third-order valence-corrected chi connectivity index (χ3v) is 4.20. The van der Waals surface area contributed by atoms with Crippen LogP contribution in [-0.4, -0.2) is 8.80 Å². The van der Waals surface area contributed by atoms with E-state index in [4.69, 9.17) is 11.6 Å². The lowest BCUT2D eigenvalue weighted by Crippen LogP contribution is -2.26. The zero-order chi connectivity index (χ0) is 9.14. The first kappa shape index (κ1) is 9.55. The van der Waals surface area contributed by atoms with Crippen molar-refractivity contribution >= 4 is 31.7 Å². The van der Waals surface area contributed by atoms with E-state index in [9.17, 15) is 0 Å². The summed E-state index contributed by atoms with van der Waals surface area (Å²) in [6.45, 7) is 8.32. The Kier molecular flexibility index (Phi) is 3.12. The molecule has 0 bridgehead atoms. The van der Waals surface area contributed by atoms with E-state index in [1.54, 1.807) is 0 Å². The van der Waals surface area contributed by atoms with Crippen LogP contribution < -0.4 is 5.19 Å². The van der Waals surface area contributed by atoms with E-state index in [0.29, 0.717) is 0 Å². The van der Waals surface area contributed by atoms with Gasteiger partial charge in [0.25, 0.3) is 0 Å². The van der Waals surface area contributed by atoms with Crippen molar-refractivity contribution in [1.82, 2.24) is 0 Å². The second-order valence-electron chi connectivity index (χ2n) is 3.10. The maximum Gasteiger partial charge on any atom is 0.0674 e. The zero-order valence-corrected chi connectivity index (χ0v) is 9.38. The highest BCUT2D eigenvalue weighted by Crippen LogP contribution is 2.10. The molecular weight excluding hydrogens is 184 g/mol. The predicted octanol–water partition coefficient (Wildman–Crippen LogP) is 2.68. The number of halogens is 1. The van der Waals surface area contributed by atoms with Gasteiger partial charge in [-0.15, -0.1) is 0 Å². The molecule has 0 nitrogen and oxygen atoms in total. The Labute approximate surface area is 80.5 Å². The van der Waals surface area contributed by atoms with E-state index < -0.39 is 8.80 Å². The van der Waals surface area contributed by atoms with Gasteiger partial charge in [0.05, 0.1) is 8.80 Å². The fourth-order valence-electron chi connectivity index (χ4n) is 1.34. The Bertz CT molecular complexity index is 292. The van der Waals surface area contributed by atoms with Gasteiger partial charge >= 0.3 is 0 Å². The lowest BCUT2D eigenvalue weighted by molar-refractivity contribution is 1.69. The molecule has 0 fully saturated rings. The second kappa shape index (κ2) is 3.92. The highest BCUT2D eigenvalue weighted by Gasteiger charge is 2.08. The summed E-state index contributed by atoms with van der Waals surface area (Å²) in [6.07, 6.45) is 1.88. The smallest absolute Gasteiger partial charge is 0.0674 e. The lowest BCUT2D eigenvalue weighted by Gasteiger charge is -2.10. The molecule has 0 aliphatic rings. The summed E-state index contributed by atoms with van der Waals surface area (Å²) in [7, 11) is -0.828. The van der Waals surface area contributed by atoms with Crippen LogP contribution in [0.4, 0.5) is 0 Å². The van der Waals surface area contributed by atoms with Crippen molar-refractivity contribution in [3.05, 3.63) is 35.4 Å². The number of hydrogen-bond acceptors (Lipinski definition) is 0. The van der Waals surface area contributed by atoms with Crippen molar-refractivity contribution in [2.24, 2.45) is 0 Å². The van der Waals surface area contributed by atoms with Crippen molar-refractivity contribution in [2.75, 3.05) is 0 Å². The topological polar surface area (TPSA) is 0 Å². The molecule has 0 radical (unpaired) electrons. The van der Waals surface area contributed by atoms with Gasteiger partial charge in [-0.2, -0.15) is 0 Å². The molecule has 1 aromatic rings. The SMILES string of the molecule is C=Cc1cccc(Cl)c1[SiH](C)C. The van der Waals surface area contributed by atoms with E-state index in [0.717, 1.165) is 5.02 Å². The Morgan fingerprint density at radius 3 is 2.50 bits per heavy atom. The van der Waals surface area contributed by atoms with Crippen molar-refractivity contribution < 1.29 is 0 Å². The molecule has 0 amide bonds. The first-order chi connectivity index (χ1) is 5.66. The minimum Gasteiger partial charge on any atom is -0.0985 e. The van der Waals surface area contributed by atoms with Crippen molar-refractivity contribution in [3.63, 3.8) is 0 Å². The third kappa shape index (κ3) is 1.79. The molecule has 0 N–H and O–H groups in total. The molecule has 0 aliphatic heterocycles. The van der Waals surface area contributed by atoms with Gasteiger partial charge in [-0.1, -0.05) is 49.5 Å². The molecule has 0 atom stereocenters. The largest absolute Gasteiger partial charge is 0.0985 e. The van der Waals surface area contributed by atoms with Crippen molar-refractivity contribution in [3.8, 4) is 0 Å². The summed E-state index contributed by atoms with van der Waals surface area (Å²) in [5.41, 5.74) is 1.20. The number of benzene rings is 1. The van der Waals surface area contributed by atoms with Crippen LogP contribution in [0.1, 0.15) is 5.56 Å². The maximum absolute atomic E-state index is 6.09. The molecule has 1 aromatic carbocycles. The fourth-order valence-corrected chi connectivity index (χ4v) is 3.71. The maximum atomic E-state index is 6.09. The van der Waals surface area contributed by atoms with E-state index in [1.165, 1.54) is 10.8 Å². The average molecular weight is 197 g/mol. The molecular formula is C10H13ClSi. The minimum atomic E-state index is -0.828. The third-order valence-electron chi connectivity index (χ3n) is 1.88. The Balaban J connectivity index is 3.29. The molecule has 0 heterocycles. The van der Waals surface area contributed by atoms with Crippen LogP contribution in [-0.2, 0) is 0 Å². The summed E-state index contributed by atoms with van der Waals surface area (Å²) in [5, 5.41) is 2.23. The normalized spacial score (nSPS) is 10.3. The summed E-state index contributed by atoms with van der Waals surface area (Å²) in [5.74, 6) is 0.